The zero-order valence-electron chi connectivity index (χ0n) is 14.7. The van der Waals surface area contributed by atoms with Crippen LogP contribution in [0, 0.1) is 11.6 Å². The Bertz CT molecular complexity index is 1140. The van der Waals surface area contributed by atoms with Gasteiger partial charge in [0.05, 0.1) is 5.69 Å². The smallest absolute Gasteiger partial charge is 0.272 e. The lowest BCUT2D eigenvalue weighted by atomic mass is 10.2. The van der Waals surface area contributed by atoms with E-state index >= 15 is 0 Å². The van der Waals surface area contributed by atoms with Gasteiger partial charge in [-0.25, -0.2) is 8.78 Å². The molecule has 0 radical (unpaired) electrons. The van der Waals surface area contributed by atoms with E-state index in [0.29, 0.717) is 17.9 Å². The number of fused-ring (bicyclic) bond motifs is 1. The number of nitrogens with one attached hydrogen (secondary N) is 2. The topological polar surface area (TPSA) is 54.1 Å². The molecule has 28 heavy (non-hydrogen) atoms. The van der Waals surface area contributed by atoms with Crippen LogP contribution in [0.3, 0.4) is 0 Å². The fraction of sp³-hybridized carbons (Fsp3) is 0.0455. The van der Waals surface area contributed by atoms with Gasteiger partial charge in [-0.15, -0.1) is 0 Å². The van der Waals surface area contributed by atoms with E-state index in [4.69, 9.17) is 4.74 Å². The molecule has 1 aromatic heterocycles. The number of rotatable bonds is 5. The highest BCUT2D eigenvalue weighted by Gasteiger charge is 2.13. The first-order valence-corrected chi connectivity index (χ1v) is 8.64. The van der Waals surface area contributed by atoms with Gasteiger partial charge in [0.15, 0.2) is 0 Å². The summed E-state index contributed by atoms with van der Waals surface area (Å²) < 4.78 is 32.8. The van der Waals surface area contributed by atoms with Gasteiger partial charge in [0.1, 0.15) is 29.7 Å². The van der Waals surface area contributed by atoms with E-state index in [9.17, 15) is 13.6 Å². The molecule has 6 heteroatoms. The second-order valence-electron chi connectivity index (χ2n) is 6.28. The molecule has 0 aliphatic rings. The lowest BCUT2D eigenvalue weighted by molar-refractivity contribution is 0.102. The number of H-pyrrole nitrogens is 1. The number of aromatic nitrogens is 1. The summed E-state index contributed by atoms with van der Waals surface area (Å²) in [7, 11) is 0. The van der Waals surface area contributed by atoms with Crippen molar-refractivity contribution in [2.24, 2.45) is 0 Å². The van der Waals surface area contributed by atoms with Crippen LogP contribution in [0.5, 0.6) is 5.75 Å². The molecule has 0 spiro atoms. The van der Waals surface area contributed by atoms with Crippen molar-refractivity contribution in [3.05, 3.63) is 95.7 Å². The predicted molar refractivity (Wildman–Crippen MR) is 103 cm³/mol. The standard InChI is InChI=1S/C22H16F2N2O2/c23-16-7-9-18(24)20(11-16)26-22(27)21-10-15-6-8-17(12-19(15)25-21)28-13-14-4-2-1-3-5-14/h1-12,25H,13H2,(H,26,27). The second kappa shape index (κ2) is 7.52. The zero-order valence-corrected chi connectivity index (χ0v) is 14.7. The van der Waals surface area contributed by atoms with Crippen molar-refractivity contribution < 1.29 is 18.3 Å². The van der Waals surface area contributed by atoms with Crippen molar-refractivity contribution in [2.75, 3.05) is 5.32 Å². The molecule has 0 bridgehead atoms. The number of carbonyl (C=O) groups excluding carboxylic acids is 1. The van der Waals surface area contributed by atoms with Gasteiger partial charge in [-0.3, -0.25) is 4.79 Å². The third-order valence-corrected chi connectivity index (χ3v) is 4.26. The van der Waals surface area contributed by atoms with Crippen LogP contribution >= 0.6 is 0 Å². The Hall–Kier alpha value is -3.67. The summed E-state index contributed by atoms with van der Waals surface area (Å²) in [5.74, 6) is -1.25. The molecule has 0 saturated heterocycles. The molecular formula is C22H16F2N2O2. The van der Waals surface area contributed by atoms with Gasteiger partial charge in [-0.1, -0.05) is 30.3 Å². The van der Waals surface area contributed by atoms with Crippen molar-refractivity contribution in [3.63, 3.8) is 0 Å². The Morgan fingerprint density at radius 2 is 1.79 bits per heavy atom. The van der Waals surface area contributed by atoms with Crippen LogP contribution in [-0.2, 0) is 6.61 Å². The lowest BCUT2D eigenvalue weighted by Gasteiger charge is -2.06. The third kappa shape index (κ3) is 3.86. The number of hydrogen-bond acceptors (Lipinski definition) is 2. The average Bonchev–Trinajstić information content (AvgIpc) is 3.13. The van der Waals surface area contributed by atoms with Gasteiger partial charge < -0.3 is 15.0 Å². The number of amides is 1. The van der Waals surface area contributed by atoms with Crippen LogP contribution < -0.4 is 10.1 Å². The molecular weight excluding hydrogens is 362 g/mol. The van der Waals surface area contributed by atoms with Crippen LogP contribution in [0.25, 0.3) is 10.9 Å². The number of halogens is 2. The molecule has 4 nitrogen and oxygen atoms in total. The minimum atomic E-state index is -0.706. The molecule has 0 unspecified atom stereocenters. The van der Waals surface area contributed by atoms with Gasteiger partial charge in [0.25, 0.3) is 5.91 Å². The molecule has 1 amide bonds. The number of hydrogen-bond donors (Lipinski definition) is 2. The fourth-order valence-corrected chi connectivity index (χ4v) is 2.84. The van der Waals surface area contributed by atoms with Crippen LogP contribution in [-0.4, -0.2) is 10.9 Å². The van der Waals surface area contributed by atoms with Gasteiger partial charge >= 0.3 is 0 Å². The van der Waals surface area contributed by atoms with Crippen molar-refractivity contribution in [1.82, 2.24) is 4.98 Å². The first-order chi connectivity index (χ1) is 13.6. The van der Waals surface area contributed by atoms with E-state index in [1.165, 1.54) is 0 Å². The van der Waals surface area contributed by atoms with Gasteiger partial charge in [-0.2, -0.15) is 0 Å². The normalized spacial score (nSPS) is 10.8. The van der Waals surface area contributed by atoms with Gasteiger partial charge in [0, 0.05) is 23.0 Å². The van der Waals surface area contributed by atoms with Crippen LogP contribution in [0.2, 0.25) is 0 Å². The summed E-state index contributed by atoms with van der Waals surface area (Å²) in [6.07, 6.45) is 0. The predicted octanol–water partition coefficient (Wildman–Crippen LogP) is 5.28. The summed E-state index contributed by atoms with van der Waals surface area (Å²) >= 11 is 0. The molecule has 0 atom stereocenters. The Morgan fingerprint density at radius 3 is 2.61 bits per heavy atom. The maximum absolute atomic E-state index is 13.7. The first-order valence-electron chi connectivity index (χ1n) is 8.64. The summed E-state index contributed by atoms with van der Waals surface area (Å²) in [6.45, 7) is 0.430. The van der Waals surface area contributed by atoms with Crippen molar-refractivity contribution in [3.8, 4) is 5.75 Å². The molecule has 0 aliphatic carbocycles. The van der Waals surface area contributed by atoms with E-state index in [1.807, 2.05) is 42.5 Å². The maximum Gasteiger partial charge on any atom is 0.272 e. The van der Waals surface area contributed by atoms with Gasteiger partial charge in [0.2, 0.25) is 0 Å². The van der Waals surface area contributed by atoms with Crippen LogP contribution in [0.15, 0.2) is 72.8 Å². The zero-order chi connectivity index (χ0) is 19.5. The lowest BCUT2D eigenvalue weighted by Crippen LogP contribution is -2.13. The summed E-state index contributed by atoms with van der Waals surface area (Å²) in [6, 6.07) is 19.7. The number of carbonyl (C=O) groups is 1. The van der Waals surface area contributed by atoms with E-state index in [-0.39, 0.29) is 11.4 Å². The molecule has 0 fully saturated rings. The van der Waals surface area contributed by atoms with Crippen molar-refractivity contribution >= 4 is 22.5 Å². The largest absolute Gasteiger partial charge is 0.489 e. The van der Waals surface area contributed by atoms with Crippen molar-refractivity contribution in [1.29, 1.82) is 0 Å². The maximum atomic E-state index is 13.7. The highest BCUT2D eigenvalue weighted by Crippen LogP contribution is 2.23. The minimum Gasteiger partial charge on any atom is -0.489 e. The van der Waals surface area contributed by atoms with E-state index < -0.39 is 17.5 Å². The van der Waals surface area contributed by atoms with E-state index in [0.717, 1.165) is 29.1 Å². The molecule has 3 aromatic carbocycles. The fourth-order valence-electron chi connectivity index (χ4n) is 2.84. The first kappa shape index (κ1) is 17.7. The minimum absolute atomic E-state index is 0.212. The van der Waals surface area contributed by atoms with Gasteiger partial charge in [-0.05, 0) is 35.9 Å². The number of anilines is 1. The quantitative estimate of drug-likeness (QED) is 0.497. The molecule has 1 heterocycles. The molecule has 4 aromatic rings. The third-order valence-electron chi connectivity index (χ3n) is 4.26. The SMILES string of the molecule is O=C(Nc1cc(F)ccc1F)c1cc2ccc(OCc3ccccc3)cc2[nH]1. The Morgan fingerprint density at radius 1 is 0.964 bits per heavy atom. The number of ether oxygens (including phenoxy) is 1. The Kier molecular flexibility index (Phi) is 4.76. The highest BCUT2D eigenvalue weighted by atomic mass is 19.1. The molecule has 0 saturated carbocycles. The number of benzene rings is 3. The van der Waals surface area contributed by atoms with Crippen LogP contribution in [0.4, 0.5) is 14.5 Å². The molecule has 4 rings (SSSR count). The Labute approximate surface area is 159 Å². The molecule has 0 aliphatic heterocycles. The summed E-state index contributed by atoms with van der Waals surface area (Å²) in [4.78, 5) is 15.4. The monoisotopic (exact) mass is 378 g/mol. The number of aromatic amines is 1. The Balaban J connectivity index is 1.51. The van der Waals surface area contributed by atoms with E-state index in [2.05, 4.69) is 10.3 Å². The van der Waals surface area contributed by atoms with Crippen LogP contribution in [0.1, 0.15) is 16.1 Å². The summed E-state index contributed by atoms with van der Waals surface area (Å²) in [5, 5.41) is 3.18. The average molecular weight is 378 g/mol. The van der Waals surface area contributed by atoms with E-state index in [1.54, 1.807) is 12.1 Å². The second-order valence-corrected chi connectivity index (χ2v) is 6.28. The summed E-state index contributed by atoms with van der Waals surface area (Å²) in [5.41, 5.74) is 1.77. The van der Waals surface area contributed by atoms with Crippen molar-refractivity contribution in [2.45, 2.75) is 6.61 Å². The molecule has 140 valence electrons. The molecule has 2 N–H and O–H groups in total. The highest BCUT2D eigenvalue weighted by molar-refractivity contribution is 6.06.